The average Bonchev–Trinajstić information content (AvgIpc) is 2.39. The fraction of sp³-hybridized carbons (Fsp3) is 0.938. The second kappa shape index (κ2) is 6.74. The molecular formula is C16H29NO2. The topological polar surface area (TPSA) is 52.3 Å². The van der Waals surface area contributed by atoms with Crippen LogP contribution in [-0.4, -0.2) is 17.6 Å². The number of esters is 1. The van der Waals surface area contributed by atoms with Gasteiger partial charge < -0.3 is 10.5 Å². The highest BCUT2D eigenvalue weighted by atomic mass is 16.5. The first-order chi connectivity index (χ1) is 9.11. The van der Waals surface area contributed by atoms with Crippen molar-refractivity contribution < 1.29 is 9.53 Å². The first kappa shape index (κ1) is 14.8. The van der Waals surface area contributed by atoms with Gasteiger partial charge in [0.1, 0.15) is 6.10 Å². The van der Waals surface area contributed by atoms with Gasteiger partial charge in [0.15, 0.2) is 0 Å². The van der Waals surface area contributed by atoms with Crippen LogP contribution in [0.15, 0.2) is 0 Å². The van der Waals surface area contributed by atoms with E-state index in [-0.39, 0.29) is 17.6 Å². The van der Waals surface area contributed by atoms with Crippen LogP contribution in [0.5, 0.6) is 0 Å². The molecule has 3 nitrogen and oxygen atoms in total. The van der Waals surface area contributed by atoms with Gasteiger partial charge >= 0.3 is 5.97 Å². The van der Waals surface area contributed by atoms with Crippen LogP contribution in [0.25, 0.3) is 0 Å². The summed E-state index contributed by atoms with van der Waals surface area (Å²) in [6.45, 7) is 2.23. The van der Waals surface area contributed by atoms with E-state index in [2.05, 4.69) is 6.92 Å². The number of carbonyl (C=O) groups is 1. The Kier molecular flexibility index (Phi) is 5.26. The van der Waals surface area contributed by atoms with Crippen LogP contribution in [0.1, 0.15) is 77.6 Å². The summed E-state index contributed by atoms with van der Waals surface area (Å²) >= 11 is 0. The minimum Gasteiger partial charge on any atom is -0.462 e. The van der Waals surface area contributed by atoms with Crippen molar-refractivity contribution >= 4 is 5.97 Å². The summed E-state index contributed by atoms with van der Waals surface area (Å²) < 4.78 is 5.67. The van der Waals surface area contributed by atoms with Crippen LogP contribution in [0.4, 0.5) is 0 Å². The maximum absolute atomic E-state index is 12.1. The molecule has 19 heavy (non-hydrogen) atoms. The third kappa shape index (κ3) is 4.48. The second-order valence-electron chi connectivity index (χ2n) is 6.65. The lowest BCUT2D eigenvalue weighted by Gasteiger charge is -2.34. The Hall–Kier alpha value is -0.570. The maximum atomic E-state index is 12.1. The molecule has 0 aromatic heterocycles. The largest absolute Gasteiger partial charge is 0.462 e. The lowest BCUT2D eigenvalue weighted by Crippen LogP contribution is -2.44. The van der Waals surface area contributed by atoms with E-state index in [1.165, 1.54) is 25.7 Å². The van der Waals surface area contributed by atoms with E-state index < -0.39 is 0 Å². The first-order valence-corrected chi connectivity index (χ1v) is 8.10. The van der Waals surface area contributed by atoms with E-state index >= 15 is 0 Å². The monoisotopic (exact) mass is 267 g/mol. The van der Waals surface area contributed by atoms with E-state index in [9.17, 15) is 4.79 Å². The molecule has 2 rings (SSSR count). The standard InChI is InChI=1S/C16H29NO2/c1-2-13-7-6-8-14(11-13)19-15(18)12-16(17)9-4-3-5-10-16/h13-14H,2-12,17H2,1H3. The molecule has 0 aromatic carbocycles. The zero-order valence-electron chi connectivity index (χ0n) is 12.3. The molecule has 2 saturated carbocycles. The number of hydrogen-bond acceptors (Lipinski definition) is 3. The summed E-state index contributed by atoms with van der Waals surface area (Å²) in [4.78, 5) is 12.1. The van der Waals surface area contributed by atoms with E-state index in [1.807, 2.05) is 0 Å². The van der Waals surface area contributed by atoms with Crippen molar-refractivity contribution in [1.29, 1.82) is 0 Å². The Morgan fingerprint density at radius 3 is 2.63 bits per heavy atom. The van der Waals surface area contributed by atoms with Gasteiger partial charge in [-0.15, -0.1) is 0 Å². The maximum Gasteiger partial charge on any atom is 0.307 e. The summed E-state index contributed by atoms with van der Waals surface area (Å²) in [5, 5.41) is 0. The Balaban J connectivity index is 1.77. The van der Waals surface area contributed by atoms with Gasteiger partial charge in [0.2, 0.25) is 0 Å². The van der Waals surface area contributed by atoms with Crippen LogP contribution in [-0.2, 0) is 9.53 Å². The molecule has 0 aliphatic heterocycles. The third-order valence-corrected chi connectivity index (χ3v) is 4.96. The van der Waals surface area contributed by atoms with E-state index in [4.69, 9.17) is 10.5 Å². The van der Waals surface area contributed by atoms with Gasteiger partial charge in [-0.2, -0.15) is 0 Å². The van der Waals surface area contributed by atoms with Crippen LogP contribution in [0.2, 0.25) is 0 Å². The molecule has 2 fully saturated rings. The van der Waals surface area contributed by atoms with Gasteiger partial charge in [0.05, 0.1) is 6.42 Å². The highest BCUT2D eigenvalue weighted by Gasteiger charge is 2.32. The van der Waals surface area contributed by atoms with Gasteiger partial charge in [0, 0.05) is 5.54 Å². The van der Waals surface area contributed by atoms with E-state index in [0.29, 0.717) is 6.42 Å². The van der Waals surface area contributed by atoms with Crippen LogP contribution >= 0.6 is 0 Å². The molecule has 2 aliphatic rings. The van der Waals surface area contributed by atoms with Crippen LogP contribution < -0.4 is 5.73 Å². The zero-order valence-corrected chi connectivity index (χ0v) is 12.3. The summed E-state index contributed by atoms with van der Waals surface area (Å²) in [5.41, 5.74) is 6.03. The normalized spacial score (nSPS) is 30.8. The van der Waals surface area contributed by atoms with Gasteiger partial charge in [-0.3, -0.25) is 4.79 Å². The predicted octanol–water partition coefficient (Wildman–Crippen LogP) is 3.55. The van der Waals surface area contributed by atoms with Gasteiger partial charge in [-0.1, -0.05) is 39.0 Å². The molecule has 0 aromatic rings. The van der Waals surface area contributed by atoms with Gasteiger partial charge in [-0.05, 0) is 38.0 Å². The zero-order chi connectivity index (χ0) is 13.7. The quantitative estimate of drug-likeness (QED) is 0.792. The number of carbonyl (C=O) groups excluding carboxylic acids is 1. The molecule has 0 radical (unpaired) electrons. The summed E-state index contributed by atoms with van der Waals surface area (Å²) in [7, 11) is 0. The number of rotatable bonds is 4. The molecule has 2 atom stereocenters. The molecule has 0 bridgehead atoms. The first-order valence-electron chi connectivity index (χ1n) is 8.10. The highest BCUT2D eigenvalue weighted by Crippen LogP contribution is 2.31. The van der Waals surface area contributed by atoms with Crippen LogP contribution in [0, 0.1) is 5.92 Å². The fourth-order valence-corrected chi connectivity index (χ4v) is 3.67. The van der Waals surface area contributed by atoms with Crippen molar-refractivity contribution in [3.05, 3.63) is 0 Å². The van der Waals surface area contributed by atoms with Crippen LogP contribution in [0.3, 0.4) is 0 Å². The molecule has 0 saturated heterocycles. The Morgan fingerprint density at radius 1 is 1.21 bits per heavy atom. The number of ether oxygens (including phenoxy) is 1. The molecule has 0 spiro atoms. The number of nitrogens with two attached hydrogens (primary N) is 1. The minimum atomic E-state index is -0.284. The molecule has 0 amide bonds. The Morgan fingerprint density at radius 2 is 1.95 bits per heavy atom. The Bertz CT molecular complexity index is 297. The minimum absolute atomic E-state index is 0.0637. The average molecular weight is 267 g/mol. The predicted molar refractivity (Wildman–Crippen MR) is 76.7 cm³/mol. The Labute approximate surface area is 117 Å². The summed E-state index contributed by atoms with van der Waals surface area (Å²) in [6, 6.07) is 0. The molecule has 2 unspecified atom stereocenters. The highest BCUT2D eigenvalue weighted by molar-refractivity contribution is 5.71. The number of hydrogen-bond donors (Lipinski definition) is 1. The van der Waals surface area contributed by atoms with Crippen molar-refractivity contribution in [2.45, 2.75) is 89.2 Å². The molecule has 3 heteroatoms. The smallest absolute Gasteiger partial charge is 0.307 e. The van der Waals surface area contributed by atoms with Crippen molar-refractivity contribution in [2.24, 2.45) is 11.7 Å². The van der Waals surface area contributed by atoms with E-state index in [1.54, 1.807) is 0 Å². The molecule has 0 heterocycles. The van der Waals surface area contributed by atoms with E-state index in [0.717, 1.165) is 44.4 Å². The van der Waals surface area contributed by atoms with Crippen molar-refractivity contribution in [1.82, 2.24) is 0 Å². The molecule has 110 valence electrons. The van der Waals surface area contributed by atoms with Crippen molar-refractivity contribution in [2.75, 3.05) is 0 Å². The second-order valence-corrected chi connectivity index (χ2v) is 6.65. The summed E-state index contributed by atoms with van der Waals surface area (Å²) in [6.07, 6.45) is 11.9. The van der Waals surface area contributed by atoms with Crippen molar-refractivity contribution in [3.63, 3.8) is 0 Å². The summed E-state index contributed by atoms with van der Waals surface area (Å²) in [5.74, 6) is 0.680. The molecular weight excluding hydrogens is 238 g/mol. The molecule has 2 aliphatic carbocycles. The lowest BCUT2D eigenvalue weighted by atomic mass is 9.80. The van der Waals surface area contributed by atoms with Gasteiger partial charge in [-0.25, -0.2) is 0 Å². The molecule has 2 N–H and O–H groups in total. The lowest BCUT2D eigenvalue weighted by molar-refractivity contribution is -0.153. The SMILES string of the molecule is CCC1CCCC(OC(=O)CC2(N)CCCCC2)C1. The third-order valence-electron chi connectivity index (χ3n) is 4.96. The van der Waals surface area contributed by atoms with Crippen molar-refractivity contribution in [3.8, 4) is 0 Å². The van der Waals surface area contributed by atoms with Gasteiger partial charge in [0.25, 0.3) is 0 Å². The fourth-order valence-electron chi connectivity index (χ4n) is 3.67.